The monoisotopic (exact) mass is 648 g/mol. The van der Waals surface area contributed by atoms with Crippen LogP contribution in [0.4, 0.5) is 0 Å². The molecule has 0 atom stereocenters. The van der Waals surface area contributed by atoms with Crippen molar-refractivity contribution in [1.82, 2.24) is 29.7 Å². The second-order valence-electron chi connectivity index (χ2n) is 10.8. The Morgan fingerprint density at radius 3 is 0.854 bits per heavy atom. The van der Waals surface area contributed by atoms with Crippen LogP contribution in [0.5, 0.6) is 23.0 Å². The molecule has 0 saturated carbocycles. The highest BCUT2D eigenvalue weighted by molar-refractivity contribution is 5.23. The van der Waals surface area contributed by atoms with E-state index in [0.29, 0.717) is 75.6 Å². The Hall–Kier alpha value is -5.32. The first kappa shape index (κ1) is 35.5. The summed E-state index contributed by atoms with van der Waals surface area (Å²) in [5.41, 5.74) is 3.69. The number of hydrogen-bond donors (Lipinski definition) is 0. The third-order valence-corrected chi connectivity index (χ3v) is 6.94. The fourth-order valence-electron chi connectivity index (χ4n) is 4.61. The molecule has 250 valence electrons. The van der Waals surface area contributed by atoms with Crippen molar-refractivity contribution in [3.05, 3.63) is 147 Å². The zero-order valence-electron chi connectivity index (χ0n) is 27.5. The highest BCUT2D eigenvalue weighted by Crippen LogP contribution is 2.17. The van der Waals surface area contributed by atoms with Crippen LogP contribution in [0.2, 0.25) is 0 Å². The Morgan fingerprint density at radius 1 is 0.417 bits per heavy atom. The Labute approximate surface area is 283 Å². The lowest BCUT2D eigenvalue weighted by molar-refractivity contribution is 0.177. The van der Waals surface area contributed by atoms with Crippen LogP contribution in [-0.4, -0.2) is 69.3 Å². The molecule has 0 unspecified atom stereocenters. The molecule has 0 fully saturated rings. The molecule has 0 aliphatic carbocycles. The maximum Gasteiger partial charge on any atom is 0.138 e. The second kappa shape index (κ2) is 20.0. The van der Waals surface area contributed by atoms with Crippen LogP contribution < -0.4 is 18.9 Å². The van der Waals surface area contributed by atoms with E-state index in [0.717, 1.165) is 35.9 Å². The van der Waals surface area contributed by atoms with Gasteiger partial charge in [-0.05, 0) is 48.5 Å². The van der Waals surface area contributed by atoms with Gasteiger partial charge in [-0.2, -0.15) is 0 Å². The van der Waals surface area contributed by atoms with E-state index in [2.05, 4.69) is 56.1 Å². The van der Waals surface area contributed by atoms with Crippen LogP contribution >= 0.6 is 0 Å². The summed E-state index contributed by atoms with van der Waals surface area (Å²) in [7, 11) is 0. The fraction of sp³-hybridized carbons (Fsp3) is 0.263. The Balaban J connectivity index is 1.51. The summed E-state index contributed by atoms with van der Waals surface area (Å²) in [5, 5.41) is 0. The predicted molar refractivity (Wildman–Crippen MR) is 188 cm³/mol. The van der Waals surface area contributed by atoms with Crippen molar-refractivity contribution in [2.45, 2.75) is 26.2 Å². The molecule has 0 saturated heterocycles. The van der Waals surface area contributed by atoms with Gasteiger partial charge in [-0.15, -0.1) is 0 Å². The summed E-state index contributed by atoms with van der Waals surface area (Å²) in [4.78, 5) is 23.3. The van der Waals surface area contributed by atoms with E-state index < -0.39 is 0 Å². The second-order valence-corrected chi connectivity index (χ2v) is 10.8. The van der Waals surface area contributed by atoms with Gasteiger partial charge in [0.15, 0.2) is 0 Å². The molecular formula is C38H44N6O4. The molecule has 4 rings (SSSR count). The van der Waals surface area contributed by atoms with Crippen molar-refractivity contribution >= 4 is 0 Å². The van der Waals surface area contributed by atoms with E-state index in [4.69, 9.17) is 18.9 Å². The van der Waals surface area contributed by atoms with E-state index in [-0.39, 0.29) is 0 Å². The summed E-state index contributed by atoms with van der Waals surface area (Å²) in [6, 6.07) is 15.7. The molecule has 0 aliphatic rings. The van der Waals surface area contributed by atoms with Gasteiger partial charge >= 0.3 is 0 Å². The van der Waals surface area contributed by atoms with Crippen molar-refractivity contribution in [2.24, 2.45) is 0 Å². The number of pyridine rings is 4. The number of ether oxygens (including phenoxy) is 4. The van der Waals surface area contributed by atoms with E-state index >= 15 is 0 Å². The quantitative estimate of drug-likeness (QED) is 0.0862. The average Bonchev–Trinajstić information content (AvgIpc) is 3.12. The van der Waals surface area contributed by atoms with Gasteiger partial charge in [-0.1, -0.05) is 50.6 Å². The molecule has 10 nitrogen and oxygen atoms in total. The lowest BCUT2D eigenvalue weighted by atomic mass is 10.2. The summed E-state index contributed by atoms with van der Waals surface area (Å²) >= 11 is 0. The van der Waals surface area contributed by atoms with Gasteiger partial charge in [-0.25, -0.2) is 0 Å². The van der Waals surface area contributed by atoms with Gasteiger partial charge in [-0.3, -0.25) is 29.7 Å². The van der Waals surface area contributed by atoms with Crippen molar-refractivity contribution < 1.29 is 18.9 Å². The third kappa shape index (κ3) is 12.5. The molecule has 10 heteroatoms. The standard InChI is InChI=1S/C38H44N6O4/c1-5-19-45-35-13-9-31(39-23-35)27-43(28-32-10-14-36(24-40-32)46-20-6-2)17-18-44(29-33-11-15-37(25-41-33)47-21-7-3)30-34-12-16-38(26-42-34)48-22-8-4/h5-16,23-26H,1-4,17-22,27-30H2. The maximum absolute atomic E-state index is 5.63. The molecule has 0 N–H and O–H groups in total. The summed E-state index contributed by atoms with van der Waals surface area (Å²) in [6.45, 7) is 20.5. The zero-order chi connectivity index (χ0) is 33.8. The third-order valence-electron chi connectivity index (χ3n) is 6.94. The zero-order valence-corrected chi connectivity index (χ0v) is 27.5. The predicted octanol–water partition coefficient (Wildman–Crippen LogP) is 6.23. The molecule has 0 amide bonds. The molecule has 0 aromatic carbocycles. The molecule has 0 aliphatic heterocycles. The van der Waals surface area contributed by atoms with Gasteiger partial charge < -0.3 is 18.9 Å². The van der Waals surface area contributed by atoms with Crippen molar-refractivity contribution in [2.75, 3.05) is 39.5 Å². The first-order valence-corrected chi connectivity index (χ1v) is 15.8. The number of nitrogens with zero attached hydrogens (tertiary/aromatic N) is 6. The van der Waals surface area contributed by atoms with Crippen LogP contribution in [0.15, 0.2) is 124 Å². The largest absolute Gasteiger partial charge is 0.488 e. The number of rotatable bonds is 23. The van der Waals surface area contributed by atoms with Gasteiger partial charge in [0.25, 0.3) is 0 Å². The minimum Gasteiger partial charge on any atom is -0.488 e. The summed E-state index contributed by atoms with van der Waals surface area (Å²) < 4.78 is 22.5. The lowest BCUT2D eigenvalue weighted by Gasteiger charge is -2.27. The van der Waals surface area contributed by atoms with E-state index in [1.165, 1.54) is 0 Å². The fourth-order valence-corrected chi connectivity index (χ4v) is 4.61. The number of aromatic nitrogens is 4. The van der Waals surface area contributed by atoms with Crippen LogP contribution in [-0.2, 0) is 26.2 Å². The smallest absolute Gasteiger partial charge is 0.138 e. The van der Waals surface area contributed by atoms with Crippen molar-refractivity contribution in [1.29, 1.82) is 0 Å². The highest BCUT2D eigenvalue weighted by Gasteiger charge is 2.15. The first-order chi connectivity index (χ1) is 23.6. The van der Waals surface area contributed by atoms with Crippen LogP contribution in [0.3, 0.4) is 0 Å². The van der Waals surface area contributed by atoms with Gasteiger partial charge in [0, 0.05) is 39.3 Å². The Kier molecular flexibility index (Phi) is 14.8. The molecule has 0 spiro atoms. The van der Waals surface area contributed by atoms with E-state index in [1.54, 1.807) is 49.1 Å². The molecule has 4 aromatic rings. The molecule has 4 heterocycles. The molecule has 0 bridgehead atoms. The van der Waals surface area contributed by atoms with Crippen LogP contribution in [0.1, 0.15) is 22.8 Å². The minimum atomic E-state index is 0.431. The highest BCUT2D eigenvalue weighted by atomic mass is 16.5. The van der Waals surface area contributed by atoms with E-state index in [1.807, 2.05) is 48.5 Å². The van der Waals surface area contributed by atoms with Crippen molar-refractivity contribution in [3.8, 4) is 23.0 Å². The molecule has 0 radical (unpaired) electrons. The SMILES string of the molecule is C=CCOc1ccc(CN(CCN(Cc2ccc(OCC=C)cn2)Cc2ccc(OCC=C)cn2)Cc2ccc(OCC=C)cn2)nc1. The van der Waals surface area contributed by atoms with Crippen molar-refractivity contribution in [3.63, 3.8) is 0 Å². The Bertz CT molecular complexity index is 1310. The van der Waals surface area contributed by atoms with Gasteiger partial charge in [0.05, 0.1) is 47.6 Å². The summed E-state index contributed by atoms with van der Waals surface area (Å²) in [6.07, 6.45) is 13.8. The normalized spacial score (nSPS) is 10.8. The lowest BCUT2D eigenvalue weighted by Crippen LogP contribution is -2.35. The van der Waals surface area contributed by atoms with Gasteiger partial charge in [0.2, 0.25) is 0 Å². The van der Waals surface area contributed by atoms with Crippen LogP contribution in [0, 0.1) is 0 Å². The topological polar surface area (TPSA) is 95.0 Å². The maximum atomic E-state index is 5.63. The Morgan fingerprint density at radius 2 is 0.667 bits per heavy atom. The first-order valence-electron chi connectivity index (χ1n) is 15.8. The van der Waals surface area contributed by atoms with Crippen LogP contribution in [0.25, 0.3) is 0 Å². The minimum absolute atomic E-state index is 0.431. The number of hydrogen-bond acceptors (Lipinski definition) is 10. The average molecular weight is 649 g/mol. The molecule has 48 heavy (non-hydrogen) atoms. The van der Waals surface area contributed by atoms with E-state index in [9.17, 15) is 0 Å². The van der Waals surface area contributed by atoms with Gasteiger partial charge in [0.1, 0.15) is 49.4 Å². The molecule has 4 aromatic heterocycles. The molecular weight excluding hydrogens is 604 g/mol. The summed E-state index contributed by atoms with van der Waals surface area (Å²) in [5.74, 6) is 2.81.